The van der Waals surface area contributed by atoms with E-state index in [0.29, 0.717) is 6.04 Å². The number of hydrogen-bond acceptors (Lipinski definition) is 3. The molecule has 2 rings (SSSR count). The molecule has 0 amide bonds. The number of rotatable bonds is 5. The van der Waals surface area contributed by atoms with Gasteiger partial charge in [0.05, 0.1) is 0 Å². The van der Waals surface area contributed by atoms with Crippen LogP contribution in [0.2, 0.25) is 0 Å². The number of hydrogen-bond donors (Lipinski definition) is 2. The minimum absolute atomic E-state index is 0.178. The number of benzene rings is 1. The molecule has 0 aliphatic carbocycles. The molecule has 1 aromatic rings. The van der Waals surface area contributed by atoms with Gasteiger partial charge in [0.15, 0.2) is 0 Å². The monoisotopic (exact) mass is 252 g/mol. The molecule has 1 unspecified atom stereocenters. The smallest absolute Gasteiger partial charge is 0.125 e. The van der Waals surface area contributed by atoms with Crippen LogP contribution in [0.25, 0.3) is 0 Å². The van der Waals surface area contributed by atoms with Gasteiger partial charge in [-0.1, -0.05) is 6.07 Å². The first-order chi connectivity index (χ1) is 8.79. The Balaban J connectivity index is 1.90. The second-order valence-corrected chi connectivity index (χ2v) is 4.80. The molecule has 0 spiro atoms. The average Bonchev–Trinajstić information content (AvgIpc) is 2.39. The summed E-state index contributed by atoms with van der Waals surface area (Å²) < 4.78 is 13.2. The largest absolute Gasteiger partial charge is 0.396 e. The van der Waals surface area contributed by atoms with Gasteiger partial charge in [-0.15, -0.1) is 0 Å². The van der Waals surface area contributed by atoms with Gasteiger partial charge in [0, 0.05) is 31.4 Å². The summed E-state index contributed by atoms with van der Waals surface area (Å²) in [4.78, 5) is 2.23. The van der Waals surface area contributed by atoms with Crippen molar-refractivity contribution in [3.63, 3.8) is 0 Å². The molecule has 0 radical (unpaired) electrons. The molecular weight excluding hydrogens is 231 g/mol. The third kappa shape index (κ3) is 3.68. The van der Waals surface area contributed by atoms with Gasteiger partial charge in [-0.3, -0.25) is 0 Å². The molecule has 1 aromatic carbocycles. The molecular formula is C14H21FN2O. The number of anilines is 1. The van der Waals surface area contributed by atoms with Crippen molar-refractivity contribution in [1.29, 1.82) is 0 Å². The van der Waals surface area contributed by atoms with Crippen LogP contribution in [0, 0.1) is 5.82 Å². The lowest BCUT2D eigenvalue weighted by Gasteiger charge is -2.35. The van der Waals surface area contributed by atoms with E-state index in [4.69, 9.17) is 5.11 Å². The number of nitrogens with one attached hydrogen (secondary N) is 1. The number of aliphatic hydroxyl groups is 1. The maximum absolute atomic E-state index is 13.2. The molecule has 0 saturated carbocycles. The highest BCUT2D eigenvalue weighted by Gasteiger charge is 2.19. The lowest BCUT2D eigenvalue weighted by Crippen LogP contribution is -2.46. The summed E-state index contributed by atoms with van der Waals surface area (Å²) in [7, 11) is 0. The van der Waals surface area contributed by atoms with Crippen molar-refractivity contribution >= 4 is 5.69 Å². The van der Waals surface area contributed by atoms with Crippen LogP contribution < -0.4 is 10.2 Å². The molecule has 18 heavy (non-hydrogen) atoms. The molecule has 100 valence electrons. The minimum Gasteiger partial charge on any atom is -0.396 e. The van der Waals surface area contributed by atoms with Crippen LogP contribution in [-0.2, 0) is 0 Å². The summed E-state index contributed by atoms with van der Waals surface area (Å²) in [5, 5.41) is 12.2. The first-order valence-corrected chi connectivity index (χ1v) is 6.64. The van der Waals surface area contributed by atoms with Crippen LogP contribution in [0.15, 0.2) is 24.3 Å². The molecule has 0 aromatic heterocycles. The quantitative estimate of drug-likeness (QED) is 0.784. The minimum atomic E-state index is -0.178. The van der Waals surface area contributed by atoms with Crippen LogP contribution in [0.4, 0.5) is 10.1 Å². The summed E-state index contributed by atoms with van der Waals surface area (Å²) in [6, 6.07) is 7.22. The molecule has 1 heterocycles. The first-order valence-electron chi connectivity index (χ1n) is 6.64. The van der Waals surface area contributed by atoms with Gasteiger partial charge in [0.25, 0.3) is 0 Å². The Morgan fingerprint density at radius 1 is 1.44 bits per heavy atom. The highest BCUT2D eigenvalue weighted by atomic mass is 19.1. The van der Waals surface area contributed by atoms with Crippen molar-refractivity contribution in [2.24, 2.45) is 0 Å². The van der Waals surface area contributed by atoms with E-state index in [-0.39, 0.29) is 12.4 Å². The topological polar surface area (TPSA) is 35.5 Å². The van der Waals surface area contributed by atoms with Crippen molar-refractivity contribution in [1.82, 2.24) is 5.32 Å². The number of halogens is 1. The van der Waals surface area contributed by atoms with Crippen molar-refractivity contribution in [3.05, 3.63) is 30.1 Å². The van der Waals surface area contributed by atoms with Gasteiger partial charge in [0.2, 0.25) is 0 Å². The molecule has 1 saturated heterocycles. The Kier molecular flexibility index (Phi) is 4.96. The van der Waals surface area contributed by atoms with Gasteiger partial charge < -0.3 is 15.3 Å². The molecule has 1 aliphatic rings. The Hall–Kier alpha value is -1.13. The van der Waals surface area contributed by atoms with E-state index >= 15 is 0 Å². The molecule has 0 bridgehead atoms. The number of piperidine rings is 1. The normalized spacial score (nSPS) is 20.1. The standard InChI is InChI=1S/C14H21FN2O/c15-12-4-1-6-14(10-12)17-8-2-5-13(11-17)16-7-3-9-18/h1,4,6,10,13,16,18H,2-3,5,7-9,11H2. The number of aliphatic hydroxyl groups excluding tert-OH is 1. The lowest BCUT2D eigenvalue weighted by atomic mass is 10.0. The van der Waals surface area contributed by atoms with Crippen molar-refractivity contribution < 1.29 is 9.50 Å². The first kappa shape index (κ1) is 13.3. The van der Waals surface area contributed by atoms with Crippen molar-refractivity contribution in [3.8, 4) is 0 Å². The van der Waals surface area contributed by atoms with Gasteiger partial charge in [0.1, 0.15) is 5.82 Å². The Morgan fingerprint density at radius 2 is 2.33 bits per heavy atom. The van der Waals surface area contributed by atoms with E-state index in [1.54, 1.807) is 12.1 Å². The fourth-order valence-electron chi connectivity index (χ4n) is 2.44. The fraction of sp³-hybridized carbons (Fsp3) is 0.571. The van der Waals surface area contributed by atoms with Crippen LogP contribution >= 0.6 is 0 Å². The Morgan fingerprint density at radius 3 is 3.11 bits per heavy atom. The predicted molar refractivity (Wildman–Crippen MR) is 71.3 cm³/mol. The molecule has 1 aliphatic heterocycles. The van der Waals surface area contributed by atoms with E-state index in [9.17, 15) is 4.39 Å². The van der Waals surface area contributed by atoms with Gasteiger partial charge in [-0.2, -0.15) is 0 Å². The average molecular weight is 252 g/mol. The van der Waals surface area contributed by atoms with Gasteiger partial charge in [-0.25, -0.2) is 4.39 Å². The Labute approximate surface area is 108 Å². The van der Waals surface area contributed by atoms with Crippen molar-refractivity contribution in [2.45, 2.75) is 25.3 Å². The molecule has 4 heteroatoms. The summed E-state index contributed by atoms with van der Waals surface area (Å²) >= 11 is 0. The van der Waals surface area contributed by atoms with E-state index in [0.717, 1.165) is 44.6 Å². The van der Waals surface area contributed by atoms with Crippen LogP contribution in [-0.4, -0.2) is 37.4 Å². The van der Waals surface area contributed by atoms with Gasteiger partial charge >= 0.3 is 0 Å². The predicted octanol–water partition coefficient (Wildman–Crippen LogP) is 1.77. The highest BCUT2D eigenvalue weighted by molar-refractivity contribution is 5.47. The second-order valence-electron chi connectivity index (χ2n) is 4.80. The Bertz CT molecular complexity index is 373. The van der Waals surface area contributed by atoms with Crippen molar-refractivity contribution in [2.75, 3.05) is 31.1 Å². The lowest BCUT2D eigenvalue weighted by molar-refractivity contribution is 0.280. The summed E-state index contributed by atoms with van der Waals surface area (Å²) in [5.74, 6) is -0.178. The fourth-order valence-corrected chi connectivity index (χ4v) is 2.44. The van der Waals surface area contributed by atoms with E-state index < -0.39 is 0 Å². The summed E-state index contributed by atoms with van der Waals surface area (Å²) in [6.45, 7) is 2.97. The van der Waals surface area contributed by atoms with E-state index in [1.807, 2.05) is 6.07 Å². The van der Waals surface area contributed by atoms with Crippen LogP contribution in [0.3, 0.4) is 0 Å². The molecule has 3 nitrogen and oxygen atoms in total. The number of nitrogens with zero attached hydrogens (tertiary/aromatic N) is 1. The zero-order chi connectivity index (χ0) is 12.8. The SMILES string of the molecule is OCCCNC1CCCN(c2cccc(F)c2)C1. The third-order valence-corrected chi connectivity index (χ3v) is 3.36. The maximum Gasteiger partial charge on any atom is 0.125 e. The van der Waals surface area contributed by atoms with Crippen LogP contribution in [0.5, 0.6) is 0 Å². The molecule has 1 atom stereocenters. The zero-order valence-corrected chi connectivity index (χ0v) is 10.6. The van der Waals surface area contributed by atoms with Gasteiger partial charge in [-0.05, 0) is 44.0 Å². The molecule has 1 fully saturated rings. The van der Waals surface area contributed by atoms with Crippen LogP contribution in [0.1, 0.15) is 19.3 Å². The highest BCUT2D eigenvalue weighted by Crippen LogP contribution is 2.20. The van der Waals surface area contributed by atoms with E-state index in [2.05, 4.69) is 10.2 Å². The maximum atomic E-state index is 13.2. The molecule has 2 N–H and O–H groups in total. The van der Waals surface area contributed by atoms with E-state index in [1.165, 1.54) is 6.07 Å². The third-order valence-electron chi connectivity index (χ3n) is 3.36. The summed E-state index contributed by atoms with van der Waals surface area (Å²) in [5.41, 5.74) is 0.962. The zero-order valence-electron chi connectivity index (χ0n) is 10.6. The summed E-state index contributed by atoms with van der Waals surface area (Å²) in [6.07, 6.45) is 3.06. The second kappa shape index (κ2) is 6.71.